The van der Waals surface area contributed by atoms with E-state index in [0.717, 1.165) is 0 Å². The van der Waals surface area contributed by atoms with E-state index < -0.39 is 23.7 Å². The smallest absolute Gasteiger partial charge is 0.268 e. The molecule has 3 aliphatic rings. The Balaban J connectivity index is 1.27. The minimum Gasteiger partial charge on any atom is -0.479 e. The fraction of sp³-hybridized carbons (Fsp3) is 0.417. The van der Waals surface area contributed by atoms with Crippen molar-refractivity contribution in [3.8, 4) is 11.6 Å². The average Bonchev–Trinajstić information content (AvgIpc) is 3.47. The van der Waals surface area contributed by atoms with E-state index in [4.69, 9.17) is 15.2 Å². The number of ketones is 1. The number of primary amides is 1. The monoisotopic (exact) mass is 453 g/mol. The molecule has 2 amide bonds. The fourth-order valence-corrected chi connectivity index (χ4v) is 4.45. The highest BCUT2D eigenvalue weighted by Gasteiger charge is 2.38. The van der Waals surface area contributed by atoms with Gasteiger partial charge in [0.2, 0.25) is 11.8 Å². The van der Waals surface area contributed by atoms with Crippen molar-refractivity contribution in [2.24, 2.45) is 11.7 Å². The lowest BCUT2D eigenvalue weighted by molar-refractivity contribution is -0.123. The van der Waals surface area contributed by atoms with E-state index in [9.17, 15) is 18.8 Å². The van der Waals surface area contributed by atoms with Gasteiger partial charge in [-0.25, -0.2) is 9.37 Å². The summed E-state index contributed by atoms with van der Waals surface area (Å²) in [6, 6.07) is 6.17. The van der Waals surface area contributed by atoms with Crippen molar-refractivity contribution in [1.82, 2.24) is 4.98 Å². The minimum absolute atomic E-state index is 0.0334. The number of nitrogens with zero attached hydrogens (tertiary/aromatic N) is 2. The van der Waals surface area contributed by atoms with Gasteiger partial charge < -0.3 is 20.1 Å². The predicted molar refractivity (Wildman–Crippen MR) is 116 cm³/mol. The van der Waals surface area contributed by atoms with Crippen LogP contribution in [0.2, 0.25) is 0 Å². The summed E-state index contributed by atoms with van der Waals surface area (Å²) in [6.07, 6.45) is 3.52. The molecule has 8 nitrogen and oxygen atoms in total. The summed E-state index contributed by atoms with van der Waals surface area (Å²) < 4.78 is 26.3. The number of halogens is 1. The van der Waals surface area contributed by atoms with Crippen LogP contribution in [0.25, 0.3) is 0 Å². The molecule has 1 aromatic carbocycles. The van der Waals surface area contributed by atoms with Gasteiger partial charge in [-0.05, 0) is 37.0 Å². The first-order valence-corrected chi connectivity index (χ1v) is 11.1. The molecule has 1 aliphatic heterocycles. The molecule has 2 fully saturated rings. The molecule has 2 atom stereocenters. The molecule has 1 saturated carbocycles. The predicted octanol–water partition coefficient (Wildman–Crippen LogP) is 2.74. The van der Waals surface area contributed by atoms with Crippen LogP contribution in [0.1, 0.15) is 53.9 Å². The van der Waals surface area contributed by atoms with Crippen LogP contribution in [-0.2, 0) is 9.59 Å². The summed E-state index contributed by atoms with van der Waals surface area (Å²) in [5, 5.41) is 0. The van der Waals surface area contributed by atoms with Crippen LogP contribution in [0.5, 0.6) is 11.6 Å². The number of hydrogen-bond donors (Lipinski definition) is 1. The summed E-state index contributed by atoms with van der Waals surface area (Å²) in [6.45, 7) is 0.989. The second-order valence-corrected chi connectivity index (χ2v) is 8.86. The molecule has 5 rings (SSSR count). The molecule has 9 heteroatoms. The highest BCUT2D eigenvalue weighted by molar-refractivity contribution is 6.05. The molecule has 33 heavy (non-hydrogen) atoms. The van der Waals surface area contributed by atoms with Gasteiger partial charge >= 0.3 is 0 Å². The lowest BCUT2D eigenvalue weighted by Crippen LogP contribution is -2.32. The molecular weight excluding hydrogens is 429 g/mol. The van der Waals surface area contributed by atoms with Crippen LogP contribution in [0, 0.1) is 11.7 Å². The summed E-state index contributed by atoms with van der Waals surface area (Å²) in [7, 11) is 0. The molecule has 0 spiro atoms. The fourth-order valence-electron chi connectivity index (χ4n) is 4.45. The number of nitrogens with two attached hydrogens (primary N) is 1. The first-order valence-electron chi connectivity index (χ1n) is 11.1. The number of amides is 2. The third kappa shape index (κ3) is 4.40. The molecule has 2 aliphatic carbocycles. The van der Waals surface area contributed by atoms with Crippen molar-refractivity contribution in [2.75, 3.05) is 18.1 Å². The molecule has 0 bridgehead atoms. The highest BCUT2D eigenvalue weighted by atomic mass is 19.1. The largest absolute Gasteiger partial charge is 0.479 e. The molecule has 2 N–H and O–H groups in total. The SMILES string of the molecule is NC(=O)CC1CC(=O)c2cc(N3CCC(Oc4ccc(OCC5CC5)nc4)C3=O)cc(F)c21. The quantitative estimate of drug-likeness (QED) is 0.658. The Morgan fingerprint density at radius 3 is 2.73 bits per heavy atom. The molecule has 1 saturated heterocycles. The molecule has 2 aromatic rings. The zero-order valence-electron chi connectivity index (χ0n) is 18.0. The van der Waals surface area contributed by atoms with Gasteiger partial charge in [0.15, 0.2) is 11.9 Å². The number of carbonyl (C=O) groups is 3. The van der Waals surface area contributed by atoms with Crippen LogP contribution in [0.3, 0.4) is 0 Å². The van der Waals surface area contributed by atoms with E-state index in [1.54, 1.807) is 12.1 Å². The molecule has 1 aromatic heterocycles. The topological polar surface area (TPSA) is 112 Å². The van der Waals surface area contributed by atoms with Gasteiger partial charge in [0, 0.05) is 54.6 Å². The third-order valence-electron chi connectivity index (χ3n) is 6.32. The van der Waals surface area contributed by atoms with Crippen molar-refractivity contribution in [2.45, 2.75) is 44.1 Å². The highest BCUT2D eigenvalue weighted by Crippen LogP contribution is 2.40. The van der Waals surface area contributed by atoms with E-state index in [2.05, 4.69) is 4.98 Å². The van der Waals surface area contributed by atoms with Crippen LogP contribution in [-0.4, -0.2) is 41.8 Å². The maximum atomic E-state index is 14.9. The van der Waals surface area contributed by atoms with Gasteiger partial charge in [-0.2, -0.15) is 0 Å². The summed E-state index contributed by atoms with van der Waals surface area (Å²) >= 11 is 0. The minimum atomic E-state index is -0.736. The number of benzene rings is 1. The number of carbonyl (C=O) groups excluding carboxylic acids is 3. The molecule has 172 valence electrons. The maximum absolute atomic E-state index is 14.9. The first kappa shape index (κ1) is 21.4. The summed E-state index contributed by atoms with van der Waals surface area (Å²) in [5.41, 5.74) is 5.95. The number of pyridine rings is 1. The van der Waals surface area contributed by atoms with Crippen molar-refractivity contribution < 1.29 is 28.2 Å². The second-order valence-electron chi connectivity index (χ2n) is 8.86. The number of anilines is 1. The Hall–Kier alpha value is -3.49. The van der Waals surface area contributed by atoms with E-state index in [1.165, 1.54) is 36.1 Å². The number of fused-ring (bicyclic) bond motifs is 1. The molecular formula is C24H24FN3O5. The summed E-state index contributed by atoms with van der Waals surface area (Å²) in [4.78, 5) is 42.3. The zero-order chi connectivity index (χ0) is 23.1. The first-order chi connectivity index (χ1) is 15.9. The Morgan fingerprint density at radius 1 is 1.21 bits per heavy atom. The normalized spacial score (nSPS) is 21.9. The number of aromatic nitrogens is 1. The van der Waals surface area contributed by atoms with E-state index >= 15 is 0 Å². The molecule has 2 heterocycles. The zero-order valence-corrected chi connectivity index (χ0v) is 18.0. The Labute approximate surface area is 189 Å². The van der Waals surface area contributed by atoms with E-state index in [1.807, 2.05) is 0 Å². The number of rotatable bonds is 8. The van der Waals surface area contributed by atoms with E-state index in [0.29, 0.717) is 42.8 Å². The lowest BCUT2D eigenvalue weighted by atomic mass is 9.96. The van der Waals surface area contributed by atoms with Crippen LogP contribution < -0.4 is 20.1 Å². The second kappa shape index (κ2) is 8.46. The van der Waals surface area contributed by atoms with Gasteiger partial charge in [-0.1, -0.05) is 0 Å². The van der Waals surface area contributed by atoms with Crippen molar-refractivity contribution >= 4 is 23.3 Å². The van der Waals surface area contributed by atoms with Crippen molar-refractivity contribution in [1.29, 1.82) is 0 Å². The number of Topliss-reactive ketones (excluding diaryl/α,β-unsaturated/α-hetero) is 1. The Morgan fingerprint density at radius 2 is 2.03 bits per heavy atom. The molecule has 0 radical (unpaired) electrons. The van der Waals surface area contributed by atoms with Gasteiger partial charge in [0.1, 0.15) is 11.6 Å². The van der Waals surface area contributed by atoms with Gasteiger partial charge in [-0.15, -0.1) is 0 Å². The average molecular weight is 453 g/mol. The number of hydrogen-bond acceptors (Lipinski definition) is 6. The number of ether oxygens (including phenoxy) is 2. The summed E-state index contributed by atoms with van der Waals surface area (Å²) in [5.74, 6) is -0.751. The third-order valence-corrected chi connectivity index (χ3v) is 6.32. The van der Waals surface area contributed by atoms with E-state index in [-0.39, 0.29) is 35.7 Å². The van der Waals surface area contributed by atoms with Crippen molar-refractivity contribution in [3.63, 3.8) is 0 Å². The van der Waals surface area contributed by atoms with Crippen LogP contribution in [0.4, 0.5) is 10.1 Å². The lowest BCUT2D eigenvalue weighted by Gasteiger charge is -2.19. The van der Waals surface area contributed by atoms with Gasteiger partial charge in [-0.3, -0.25) is 14.4 Å². The van der Waals surface area contributed by atoms with Gasteiger partial charge in [0.05, 0.1) is 12.8 Å². The Bertz CT molecular complexity index is 1120. The van der Waals surface area contributed by atoms with Crippen LogP contribution in [0.15, 0.2) is 30.5 Å². The van der Waals surface area contributed by atoms with Crippen LogP contribution >= 0.6 is 0 Å². The Kier molecular flexibility index (Phi) is 5.47. The molecule has 2 unspecified atom stereocenters. The maximum Gasteiger partial charge on any atom is 0.268 e. The van der Waals surface area contributed by atoms with Gasteiger partial charge in [0.25, 0.3) is 5.91 Å². The standard InChI is InChI=1S/C24H24FN3O5/c25-18-10-15(9-17-19(29)7-14(23(17)18)8-21(26)30)28-6-5-20(24(28)31)33-16-3-4-22(27-11-16)32-12-13-1-2-13/h3-4,9-11,13-14,20H,1-2,5-8,12H2,(H2,26,30). The van der Waals surface area contributed by atoms with Crippen molar-refractivity contribution in [3.05, 3.63) is 47.4 Å².